The Morgan fingerprint density at radius 2 is 2.08 bits per heavy atom. The van der Waals surface area contributed by atoms with Gasteiger partial charge in [-0.05, 0) is 44.0 Å². The van der Waals surface area contributed by atoms with E-state index in [1.165, 1.54) is 6.26 Å². The number of benzene rings is 1. The number of aryl methyl sites for hydroxylation is 2. The van der Waals surface area contributed by atoms with Crippen molar-refractivity contribution < 1.29 is 19.1 Å². The quantitative estimate of drug-likeness (QED) is 0.766. The number of rotatable bonds is 5. The van der Waals surface area contributed by atoms with E-state index in [0.29, 0.717) is 34.7 Å². The highest BCUT2D eigenvalue weighted by molar-refractivity contribution is 9.10. The van der Waals surface area contributed by atoms with Gasteiger partial charge < -0.3 is 14.4 Å². The van der Waals surface area contributed by atoms with Crippen molar-refractivity contribution in [1.29, 1.82) is 0 Å². The summed E-state index contributed by atoms with van der Waals surface area (Å²) in [5.74, 6) is -0.255. The number of Topliss-reactive ketones (excluding diaryl/α,β-unsaturated/α-hetero) is 1. The molecule has 0 bridgehead atoms. The fourth-order valence-corrected chi connectivity index (χ4v) is 3.81. The number of halogens is 1. The Bertz CT molecular complexity index is 838. The Morgan fingerprint density at radius 1 is 1.36 bits per heavy atom. The predicted molar refractivity (Wildman–Crippen MR) is 97.8 cm³/mol. The van der Waals surface area contributed by atoms with Gasteiger partial charge in [0.1, 0.15) is 5.76 Å². The van der Waals surface area contributed by atoms with E-state index < -0.39 is 11.5 Å². The Labute approximate surface area is 154 Å². The van der Waals surface area contributed by atoms with Crippen LogP contribution in [0.1, 0.15) is 47.0 Å². The summed E-state index contributed by atoms with van der Waals surface area (Å²) in [5, 5.41) is 11.2. The lowest BCUT2D eigenvalue weighted by molar-refractivity contribution is -0.135. The van der Waals surface area contributed by atoms with E-state index in [9.17, 15) is 14.7 Å². The van der Waals surface area contributed by atoms with Crippen LogP contribution in [0.15, 0.2) is 33.4 Å². The molecule has 1 aliphatic rings. The molecule has 1 amide bonds. The van der Waals surface area contributed by atoms with Crippen LogP contribution in [-0.4, -0.2) is 23.3 Å². The highest BCUT2D eigenvalue weighted by atomic mass is 79.9. The molecule has 3 rings (SSSR count). The van der Waals surface area contributed by atoms with Crippen LogP contribution in [0, 0.1) is 13.8 Å². The number of fused-ring (bicyclic) bond motifs is 1. The van der Waals surface area contributed by atoms with Crippen molar-refractivity contribution in [3.8, 4) is 0 Å². The minimum atomic E-state index is -1.86. The number of carbonyl (C=O) groups excluding carboxylic acids is 2. The lowest BCUT2D eigenvalue weighted by Crippen LogP contribution is -2.42. The third-order valence-corrected chi connectivity index (χ3v) is 5.09. The Kier molecular flexibility index (Phi) is 4.60. The first-order chi connectivity index (χ1) is 11.8. The van der Waals surface area contributed by atoms with Crippen molar-refractivity contribution in [3.63, 3.8) is 0 Å². The van der Waals surface area contributed by atoms with E-state index in [1.807, 2.05) is 13.0 Å². The van der Waals surface area contributed by atoms with Gasteiger partial charge in [-0.25, -0.2) is 0 Å². The lowest BCUT2D eigenvalue weighted by Gasteiger charge is -2.22. The van der Waals surface area contributed by atoms with Crippen molar-refractivity contribution in [3.05, 3.63) is 51.4 Å². The van der Waals surface area contributed by atoms with E-state index in [4.69, 9.17) is 4.42 Å². The van der Waals surface area contributed by atoms with E-state index in [-0.39, 0.29) is 12.2 Å². The maximum Gasteiger partial charge on any atom is 0.264 e. The summed E-state index contributed by atoms with van der Waals surface area (Å²) in [6.45, 7) is 5.94. The second-order valence-corrected chi connectivity index (χ2v) is 7.34. The lowest BCUT2D eigenvalue weighted by atomic mass is 9.87. The van der Waals surface area contributed by atoms with E-state index in [0.717, 1.165) is 10.9 Å². The van der Waals surface area contributed by atoms with Crippen LogP contribution >= 0.6 is 15.9 Å². The van der Waals surface area contributed by atoms with E-state index in [2.05, 4.69) is 15.9 Å². The van der Waals surface area contributed by atoms with Crippen LogP contribution in [-0.2, 0) is 10.4 Å². The molecular weight excluding hydrogens is 386 g/mol. The highest BCUT2D eigenvalue weighted by Gasteiger charge is 2.51. The monoisotopic (exact) mass is 405 g/mol. The van der Waals surface area contributed by atoms with Gasteiger partial charge in [-0.1, -0.05) is 22.9 Å². The van der Waals surface area contributed by atoms with Gasteiger partial charge in [-0.2, -0.15) is 0 Å². The van der Waals surface area contributed by atoms with E-state index in [1.54, 1.807) is 30.9 Å². The zero-order valence-electron chi connectivity index (χ0n) is 14.4. The second kappa shape index (κ2) is 6.42. The molecule has 2 aromatic rings. The zero-order chi connectivity index (χ0) is 18.4. The second-order valence-electron chi connectivity index (χ2n) is 6.43. The molecule has 0 spiro atoms. The first kappa shape index (κ1) is 17.9. The molecule has 1 unspecified atom stereocenters. The summed E-state index contributed by atoms with van der Waals surface area (Å²) in [5.41, 5.74) is 0.406. The van der Waals surface area contributed by atoms with Crippen LogP contribution in [0.4, 0.5) is 5.69 Å². The average Bonchev–Trinajstić information content (AvgIpc) is 2.99. The van der Waals surface area contributed by atoms with Gasteiger partial charge in [0.05, 0.1) is 23.9 Å². The topological polar surface area (TPSA) is 70.8 Å². The number of aliphatic hydroxyl groups is 1. The Morgan fingerprint density at radius 3 is 2.68 bits per heavy atom. The van der Waals surface area contributed by atoms with Crippen molar-refractivity contribution in [2.45, 2.75) is 39.2 Å². The molecule has 0 fully saturated rings. The summed E-state index contributed by atoms with van der Waals surface area (Å²) in [6.07, 6.45) is 1.96. The van der Waals surface area contributed by atoms with Crippen LogP contribution in [0.5, 0.6) is 0 Å². The number of furan rings is 1. The van der Waals surface area contributed by atoms with Crippen LogP contribution < -0.4 is 4.90 Å². The number of hydrogen-bond donors (Lipinski definition) is 1. The molecule has 25 heavy (non-hydrogen) atoms. The van der Waals surface area contributed by atoms with Gasteiger partial charge in [0.25, 0.3) is 5.91 Å². The Balaban J connectivity index is 2.04. The normalized spacial score (nSPS) is 19.4. The van der Waals surface area contributed by atoms with Crippen molar-refractivity contribution in [2.75, 3.05) is 11.4 Å². The molecule has 0 radical (unpaired) electrons. The van der Waals surface area contributed by atoms with Gasteiger partial charge in [-0.3, -0.25) is 9.59 Å². The molecule has 1 atom stereocenters. The Hall–Kier alpha value is -1.92. The molecule has 2 heterocycles. The maximum absolute atomic E-state index is 12.9. The molecule has 6 heteroatoms. The first-order valence-corrected chi connectivity index (χ1v) is 9.01. The van der Waals surface area contributed by atoms with Crippen molar-refractivity contribution in [1.82, 2.24) is 0 Å². The average molecular weight is 406 g/mol. The maximum atomic E-state index is 12.9. The van der Waals surface area contributed by atoms with Crippen molar-refractivity contribution >= 4 is 33.3 Å². The van der Waals surface area contributed by atoms with Crippen molar-refractivity contribution in [2.24, 2.45) is 0 Å². The molecule has 0 saturated heterocycles. The number of carbonyl (C=O) groups is 2. The van der Waals surface area contributed by atoms with Gasteiger partial charge in [0, 0.05) is 16.6 Å². The predicted octanol–water partition coefficient (Wildman–Crippen LogP) is 3.88. The fraction of sp³-hybridized carbons (Fsp3) is 0.368. The SMILES string of the molecule is CCCN1C(=O)C(O)(CC(=O)c2c(C)coc2C)c2cc(Br)ccc21. The summed E-state index contributed by atoms with van der Waals surface area (Å²) >= 11 is 3.38. The third-order valence-electron chi connectivity index (χ3n) is 4.60. The number of amides is 1. The zero-order valence-corrected chi connectivity index (χ0v) is 16.0. The number of ketones is 1. The molecule has 132 valence electrons. The highest BCUT2D eigenvalue weighted by Crippen LogP contribution is 2.44. The summed E-state index contributed by atoms with van der Waals surface area (Å²) in [7, 11) is 0. The van der Waals surface area contributed by atoms with E-state index >= 15 is 0 Å². The largest absolute Gasteiger partial charge is 0.469 e. The smallest absolute Gasteiger partial charge is 0.264 e. The van der Waals surface area contributed by atoms with Gasteiger partial charge in [0.2, 0.25) is 0 Å². The minimum Gasteiger partial charge on any atom is -0.469 e. The molecule has 1 N–H and O–H groups in total. The number of hydrogen-bond acceptors (Lipinski definition) is 4. The summed E-state index contributed by atoms with van der Waals surface area (Å²) in [6, 6.07) is 5.34. The van der Waals surface area contributed by atoms with Gasteiger partial charge in [0.15, 0.2) is 11.4 Å². The standard InChI is InChI=1S/C19H20BrNO4/c1-4-7-21-15-6-5-13(20)8-14(15)19(24,18(21)23)9-16(22)17-11(2)10-25-12(17)3/h5-6,8,10,24H,4,7,9H2,1-3H3. The fourth-order valence-electron chi connectivity index (χ4n) is 3.45. The summed E-state index contributed by atoms with van der Waals surface area (Å²) < 4.78 is 6.03. The minimum absolute atomic E-state index is 0.302. The molecule has 1 aromatic heterocycles. The molecule has 1 aliphatic heterocycles. The molecule has 1 aromatic carbocycles. The molecule has 0 aliphatic carbocycles. The van der Waals surface area contributed by atoms with Crippen LogP contribution in [0.2, 0.25) is 0 Å². The number of nitrogens with zero attached hydrogens (tertiary/aromatic N) is 1. The first-order valence-electron chi connectivity index (χ1n) is 8.22. The van der Waals surface area contributed by atoms with Gasteiger partial charge in [-0.15, -0.1) is 0 Å². The van der Waals surface area contributed by atoms with Gasteiger partial charge >= 0.3 is 0 Å². The number of anilines is 1. The summed E-state index contributed by atoms with van der Waals surface area (Å²) in [4.78, 5) is 27.3. The molecule has 5 nitrogen and oxygen atoms in total. The molecular formula is C19H20BrNO4. The van der Waals surface area contributed by atoms with Crippen LogP contribution in [0.3, 0.4) is 0 Å². The van der Waals surface area contributed by atoms with Crippen LogP contribution in [0.25, 0.3) is 0 Å². The third kappa shape index (κ3) is 2.83. The molecule has 0 saturated carbocycles.